The third-order valence-corrected chi connectivity index (χ3v) is 4.52. The van der Waals surface area contributed by atoms with Crippen LogP contribution in [0.5, 0.6) is 0 Å². The largest absolute Gasteiger partial charge is 0.370 e. The van der Waals surface area contributed by atoms with Gasteiger partial charge < -0.3 is 27.8 Å². The maximum absolute atomic E-state index is 12.2. The molecular weight excluding hydrogens is 390 g/mol. The van der Waals surface area contributed by atoms with E-state index >= 15 is 0 Å². The molecule has 0 aliphatic rings. The lowest BCUT2D eigenvalue weighted by molar-refractivity contribution is -0.130. The number of hydrogen-bond acceptors (Lipinski definition) is 6. The molecule has 0 bridgehead atoms. The molecule has 27 heavy (non-hydrogen) atoms. The van der Waals surface area contributed by atoms with Gasteiger partial charge in [0.2, 0.25) is 17.7 Å². The van der Waals surface area contributed by atoms with E-state index in [9.17, 15) is 14.4 Å². The van der Waals surface area contributed by atoms with Crippen LogP contribution in [-0.2, 0) is 20.8 Å². The number of amides is 3. The van der Waals surface area contributed by atoms with Crippen molar-refractivity contribution in [2.24, 2.45) is 17.2 Å². The van der Waals surface area contributed by atoms with Crippen molar-refractivity contribution < 1.29 is 14.4 Å². The van der Waals surface area contributed by atoms with Gasteiger partial charge in [0, 0.05) is 16.8 Å². The molecule has 150 valence electrons. The molecule has 0 unspecified atom stereocenters. The van der Waals surface area contributed by atoms with Crippen molar-refractivity contribution in [1.29, 1.82) is 0 Å². The van der Waals surface area contributed by atoms with Crippen molar-refractivity contribution in [3.8, 4) is 0 Å². The van der Waals surface area contributed by atoms with Crippen LogP contribution in [0.4, 0.5) is 0 Å². The zero-order valence-corrected chi connectivity index (χ0v) is 17.1. The van der Waals surface area contributed by atoms with Gasteiger partial charge in [0.15, 0.2) is 0 Å². The fraction of sp³-hybridized carbons (Fsp3) is 0.353. The van der Waals surface area contributed by atoms with E-state index in [2.05, 4.69) is 22.1 Å². The van der Waals surface area contributed by atoms with E-state index in [1.54, 1.807) is 12.1 Å². The number of hydrogen-bond donors (Lipinski definition) is 5. The highest BCUT2D eigenvalue weighted by Crippen LogP contribution is 2.28. The Labute approximate surface area is 167 Å². The van der Waals surface area contributed by atoms with Crippen molar-refractivity contribution in [2.45, 2.75) is 18.9 Å². The lowest BCUT2D eigenvalue weighted by atomic mass is 10.1. The number of benzene rings is 1. The van der Waals surface area contributed by atoms with E-state index in [-0.39, 0.29) is 18.7 Å². The highest BCUT2D eigenvalue weighted by Gasteiger charge is 2.22. The van der Waals surface area contributed by atoms with Crippen molar-refractivity contribution in [3.63, 3.8) is 0 Å². The molecule has 2 rings (SSSR count). The molecule has 2 aromatic rings. The van der Waals surface area contributed by atoms with Crippen molar-refractivity contribution in [3.05, 3.63) is 34.2 Å². The minimum Gasteiger partial charge on any atom is -0.370 e. The molecule has 1 atom stereocenters. The van der Waals surface area contributed by atoms with Crippen LogP contribution in [0.3, 0.4) is 0 Å². The van der Waals surface area contributed by atoms with Crippen molar-refractivity contribution >= 4 is 50.7 Å². The number of nitrogens with two attached hydrogens (primary N) is 3. The second kappa shape index (κ2) is 13.0. The number of likely N-dealkylation sites (N-methyl/N-ethyl adjacent to an activating group) is 1. The van der Waals surface area contributed by atoms with Crippen LogP contribution in [0.15, 0.2) is 23.6 Å². The van der Waals surface area contributed by atoms with E-state index in [0.717, 1.165) is 15.6 Å². The first kappa shape index (κ1) is 24.8. The monoisotopic (exact) mass is 415 g/mol. The Hall–Kier alpha value is -2.20. The summed E-state index contributed by atoms with van der Waals surface area (Å²) in [4.78, 5) is 34.9. The first-order valence-corrected chi connectivity index (χ1v) is 9.27. The van der Waals surface area contributed by atoms with Crippen LogP contribution in [0.1, 0.15) is 12.0 Å². The van der Waals surface area contributed by atoms with Gasteiger partial charge in [0.1, 0.15) is 6.04 Å². The van der Waals surface area contributed by atoms with E-state index in [1.807, 2.05) is 11.4 Å². The highest BCUT2D eigenvalue weighted by atomic mass is 35.5. The maximum Gasteiger partial charge on any atom is 0.242 e. The summed E-state index contributed by atoms with van der Waals surface area (Å²) in [7, 11) is 4.43. The minimum atomic E-state index is -0.974. The molecule has 1 heterocycles. The van der Waals surface area contributed by atoms with Gasteiger partial charge in [-0.05, 0) is 48.6 Å². The Bertz CT molecular complexity index is 766. The number of rotatable bonds is 6. The molecule has 3 amide bonds. The van der Waals surface area contributed by atoms with Gasteiger partial charge in [-0.2, -0.15) is 0 Å². The second-order valence-corrected chi connectivity index (χ2v) is 6.33. The van der Waals surface area contributed by atoms with E-state index < -0.39 is 17.9 Å². The molecule has 10 heteroatoms. The molecule has 0 fully saturated rings. The molecule has 0 saturated carbocycles. The number of halogens is 1. The average Bonchev–Trinajstić information content (AvgIpc) is 3.05. The van der Waals surface area contributed by atoms with Gasteiger partial charge in [0.25, 0.3) is 0 Å². The molecule has 8 N–H and O–H groups in total. The summed E-state index contributed by atoms with van der Waals surface area (Å²) in [6.45, 7) is 0. The predicted octanol–water partition coefficient (Wildman–Crippen LogP) is 0.353. The fourth-order valence-electron chi connectivity index (χ4n) is 2.19. The Kier molecular flexibility index (Phi) is 12.0. The normalized spacial score (nSPS) is 10.6. The first-order chi connectivity index (χ1) is 12.9. The highest BCUT2D eigenvalue weighted by molar-refractivity contribution is 7.17. The maximum atomic E-state index is 12.2. The van der Waals surface area contributed by atoms with Gasteiger partial charge in [0.05, 0.1) is 12.8 Å². The van der Waals surface area contributed by atoms with Crippen LogP contribution in [-0.4, -0.2) is 44.9 Å². The van der Waals surface area contributed by atoms with Crippen molar-refractivity contribution in [1.82, 2.24) is 10.6 Å². The molecule has 8 nitrogen and oxygen atoms in total. The van der Waals surface area contributed by atoms with Crippen LogP contribution in [0, 0.1) is 0 Å². The molecule has 0 radical (unpaired) electrons. The summed E-state index contributed by atoms with van der Waals surface area (Å²) in [6, 6.07) is 4.51. The molecule has 0 aliphatic carbocycles. The zero-order valence-electron chi connectivity index (χ0n) is 15.5. The van der Waals surface area contributed by atoms with E-state index in [4.69, 9.17) is 17.3 Å². The molecule has 0 spiro atoms. The van der Waals surface area contributed by atoms with Crippen molar-refractivity contribution in [2.75, 3.05) is 21.1 Å². The number of carbonyl (C=O) groups excluding carboxylic acids is 3. The smallest absolute Gasteiger partial charge is 0.242 e. The molecular formula is C17H26ClN5O3S. The lowest BCUT2D eigenvalue weighted by Gasteiger charge is -2.15. The zero-order chi connectivity index (χ0) is 21.0. The average molecular weight is 416 g/mol. The van der Waals surface area contributed by atoms with Gasteiger partial charge in [-0.15, -0.1) is 11.3 Å². The number of carbonyl (C=O) groups is 3. The summed E-state index contributed by atoms with van der Waals surface area (Å²) < 4.78 is 1.03. The quantitative estimate of drug-likeness (QED) is 0.460. The Morgan fingerprint density at radius 2 is 1.81 bits per heavy atom. The fourth-order valence-corrected chi connectivity index (χ4v) is 3.31. The van der Waals surface area contributed by atoms with Gasteiger partial charge in [-0.25, -0.2) is 0 Å². The van der Waals surface area contributed by atoms with Gasteiger partial charge in [-0.3, -0.25) is 14.4 Å². The van der Waals surface area contributed by atoms with Gasteiger partial charge >= 0.3 is 0 Å². The summed E-state index contributed by atoms with van der Waals surface area (Å²) in [5.74, 6) is -1.48. The summed E-state index contributed by atoms with van der Waals surface area (Å²) in [5.41, 5.74) is 14.9. The Morgan fingerprint density at radius 1 is 1.19 bits per heavy atom. The predicted molar refractivity (Wildman–Crippen MR) is 111 cm³/mol. The SMILES string of the molecule is CN.CN.CNC(=O)[C@H](CC(N)=O)NC(=O)Cc1csc2ccc(Cl)cc12. The molecule has 1 aromatic carbocycles. The Morgan fingerprint density at radius 3 is 2.37 bits per heavy atom. The van der Waals surface area contributed by atoms with Crippen LogP contribution >= 0.6 is 22.9 Å². The van der Waals surface area contributed by atoms with Crippen LogP contribution in [0.25, 0.3) is 10.1 Å². The van der Waals surface area contributed by atoms with Crippen LogP contribution < -0.4 is 27.8 Å². The number of fused-ring (bicyclic) bond motifs is 1. The Balaban J connectivity index is 0.00000158. The number of primary amides is 1. The number of thiophene rings is 1. The summed E-state index contributed by atoms with van der Waals surface area (Å²) >= 11 is 7.50. The number of nitrogens with one attached hydrogen (secondary N) is 2. The van der Waals surface area contributed by atoms with E-state index in [1.165, 1.54) is 32.5 Å². The third kappa shape index (κ3) is 7.92. The summed E-state index contributed by atoms with van der Waals surface area (Å²) in [5, 5.41) is 8.31. The third-order valence-electron chi connectivity index (χ3n) is 3.27. The topological polar surface area (TPSA) is 153 Å². The standard InChI is InChI=1S/C15H16ClN3O3S.2CH5N/c1-18-15(22)11(6-13(17)20)19-14(21)4-8-7-23-12-3-2-9(16)5-10(8)12;2*1-2/h2-3,5,7,11H,4,6H2,1H3,(H2,17,20)(H,18,22)(H,19,21);2*2H2,1H3/t11-;;/m0../s1. The van der Waals surface area contributed by atoms with Crippen LogP contribution in [0.2, 0.25) is 5.02 Å². The summed E-state index contributed by atoms with van der Waals surface area (Å²) in [6.07, 6.45) is -0.159. The molecule has 0 aliphatic heterocycles. The first-order valence-electron chi connectivity index (χ1n) is 8.01. The minimum absolute atomic E-state index is 0.0899. The lowest BCUT2D eigenvalue weighted by Crippen LogP contribution is -2.48. The molecule has 1 aromatic heterocycles. The molecule has 0 saturated heterocycles. The second-order valence-electron chi connectivity index (χ2n) is 4.98. The van der Waals surface area contributed by atoms with E-state index in [0.29, 0.717) is 5.02 Å². The van der Waals surface area contributed by atoms with Gasteiger partial charge in [-0.1, -0.05) is 11.6 Å².